The van der Waals surface area contributed by atoms with Crippen molar-refractivity contribution in [3.8, 4) is 0 Å². The lowest BCUT2D eigenvalue weighted by atomic mass is 10.2. The van der Waals surface area contributed by atoms with Crippen LogP contribution >= 0.6 is 0 Å². The van der Waals surface area contributed by atoms with Crippen molar-refractivity contribution in [3.63, 3.8) is 0 Å². The molecule has 3 rings (SSSR count). The lowest BCUT2D eigenvalue weighted by Crippen LogP contribution is -2.31. The van der Waals surface area contributed by atoms with Gasteiger partial charge in [0.1, 0.15) is 16.8 Å². The third kappa shape index (κ3) is 4.32. The molecule has 2 aromatic carbocycles. The maximum atomic E-state index is 13.1. The minimum atomic E-state index is -4.04. The standard InChI is InChI=1S/C19H18FNO5S2/c1-14-4-8-16(9-5-14)27(22,23)19(18-3-2-12-26-18)13-21-28(24,25)17-10-6-15(20)7-11-17/h2-12,19,21H,13H2,1H3/t19-/m1/s1. The van der Waals surface area contributed by atoms with Gasteiger partial charge >= 0.3 is 0 Å². The van der Waals surface area contributed by atoms with Crippen molar-refractivity contribution < 1.29 is 25.6 Å². The number of sulfonamides is 1. The molecule has 0 bridgehead atoms. The fourth-order valence-corrected chi connectivity index (χ4v) is 5.35. The Hall–Kier alpha value is -2.49. The third-order valence-corrected chi connectivity index (χ3v) is 7.68. The summed E-state index contributed by atoms with van der Waals surface area (Å²) in [7, 11) is -7.97. The first-order valence-corrected chi connectivity index (χ1v) is 11.3. The van der Waals surface area contributed by atoms with E-state index in [-0.39, 0.29) is 15.6 Å². The second-order valence-corrected chi connectivity index (χ2v) is 10.1. The average molecular weight is 423 g/mol. The van der Waals surface area contributed by atoms with Gasteiger partial charge < -0.3 is 4.42 Å². The van der Waals surface area contributed by atoms with Crippen LogP contribution in [-0.4, -0.2) is 23.4 Å². The van der Waals surface area contributed by atoms with Gasteiger partial charge in [-0.05, 0) is 55.5 Å². The van der Waals surface area contributed by atoms with E-state index in [1.165, 1.54) is 30.5 Å². The van der Waals surface area contributed by atoms with E-state index >= 15 is 0 Å². The van der Waals surface area contributed by atoms with Crippen LogP contribution in [0.1, 0.15) is 16.6 Å². The van der Waals surface area contributed by atoms with Crippen molar-refractivity contribution in [3.05, 3.63) is 84.1 Å². The van der Waals surface area contributed by atoms with Crippen LogP contribution in [0.25, 0.3) is 0 Å². The van der Waals surface area contributed by atoms with E-state index in [0.717, 1.165) is 29.8 Å². The Labute approximate surface area is 163 Å². The summed E-state index contributed by atoms with van der Waals surface area (Å²) in [5.74, 6) is -0.461. The highest BCUT2D eigenvalue weighted by Crippen LogP contribution is 2.29. The summed E-state index contributed by atoms with van der Waals surface area (Å²) in [6.45, 7) is 1.39. The van der Waals surface area contributed by atoms with Crippen LogP contribution in [0.15, 0.2) is 81.1 Å². The molecule has 0 spiro atoms. The summed E-state index contributed by atoms with van der Waals surface area (Å²) in [6.07, 6.45) is 1.32. The molecule has 0 saturated carbocycles. The molecule has 1 heterocycles. The Morgan fingerprint density at radius 3 is 2.11 bits per heavy atom. The Morgan fingerprint density at radius 2 is 1.54 bits per heavy atom. The Bertz CT molecular complexity index is 1140. The Balaban J connectivity index is 1.91. The first-order valence-electron chi connectivity index (χ1n) is 8.29. The highest BCUT2D eigenvalue weighted by molar-refractivity contribution is 7.92. The first-order chi connectivity index (χ1) is 13.2. The summed E-state index contributed by atoms with van der Waals surface area (Å²) in [6, 6.07) is 13.5. The zero-order chi connectivity index (χ0) is 20.4. The van der Waals surface area contributed by atoms with Gasteiger partial charge in [0, 0.05) is 6.54 Å². The summed E-state index contributed by atoms with van der Waals surface area (Å²) < 4.78 is 71.7. The van der Waals surface area contributed by atoms with Gasteiger partial charge in [0.15, 0.2) is 9.84 Å². The third-order valence-electron chi connectivity index (χ3n) is 4.17. The molecule has 0 aliphatic rings. The Morgan fingerprint density at radius 1 is 0.929 bits per heavy atom. The largest absolute Gasteiger partial charge is 0.468 e. The normalized spacial score (nSPS) is 13.4. The van der Waals surface area contributed by atoms with Crippen molar-refractivity contribution in [2.75, 3.05) is 6.54 Å². The van der Waals surface area contributed by atoms with Crippen molar-refractivity contribution in [1.82, 2.24) is 4.72 Å². The van der Waals surface area contributed by atoms with E-state index in [2.05, 4.69) is 4.72 Å². The van der Waals surface area contributed by atoms with E-state index in [1.807, 2.05) is 6.92 Å². The summed E-state index contributed by atoms with van der Waals surface area (Å²) in [4.78, 5) is -0.111. The maximum absolute atomic E-state index is 13.1. The lowest BCUT2D eigenvalue weighted by molar-refractivity contribution is 0.486. The molecule has 0 aliphatic heterocycles. The fraction of sp³-hybridized carbons (Fsp3) is 0.158. The van der Waals surface area contributed by atoms with E-state index in [4.69, 9.17) is 4.42 Å². The van der Waals surface area contributed by atoms with Crippen molar-refractivity contribution >= 4 is 19.9 Å². The molecule has 0 radical (unpaired) electrons. The summed E-state index contributed by atoms with van der Waals surface area (Å²) in [5, 5.41) is -1.26. The van der Waals surface area contributed by atoms with Gasteiger partial charge in [0.25, 0.3) is 0 Å². The smallest absolute Gasteiger partial charge is 0.240 e. The van der Waals surface area contributed by atoms with Crippen LogP contribution in [0.5, 0.6) is 0 Å². The highest BCUT2D eigenvalue weighted by Gasteiger charge is 2.32. The number of furan rings is 1. The number of hydrogen-bond acceptors (Lipinski definition) is 5. The van der Waals surface area contributed by atoms with Crippen LogP contribution in [0.4, 0.5) is 4.39 Å². The zero-order valence-corrected chi connectivity index (χ0v) is 16.5. The van der Waals surface area contributed by atoms with Gasteiger partial charge in [0.05, 0.1) is 16.1 Å². The molecule has 9 heteroatoms. The molecule has 0 fully saturated rings. The Kier molecular flexibility index (Phi) is 5.69. The molecule has 6 nitrogen and oxygen atoms in total. The number of nitrogens with one attached hydrogen (secondary N) is 1. The van der Waals surface area contributed by atoms with Crippen LogP contribution in [0.3, 0.4) is 0 Å². The van der Waals surface area contributed by atoms with Crippen LogP contribution in [0.2, 0.25) is 0 Å². The molecular formula is C19H18FNO5S2. The topological polar surface area (TPSA) is 93.5 Å². The van der Waals surface area contributed by atoms with Gasteiger partial charge in [-0.3, -0.25) is 0 Å². The van der Waals surface area contributed by atoms with Crippen LogP contribution in [0, 0.1) is 12.7 Å². The number of aryl methyl sites for hydroxylation is 1. The molecule has 0 aliphatic carbocycles. The highest BCUT2D eigenvalue weighted by atomic mass is 32.2. The number of halogens is 1. The fourth-order valence-electron chi connectivity index (χ4n) is 2.61. The quantitative estimate of drug-likeness (QED) is 0.630. The molecule has 1 atom stereocenters. The first kappa shape index (κ1) is 20.2. The predicted octanol–water partition coefficient (Wildman–Crippen LogP) is 3.22. The number of sulfone groups is 1. The molecule has 1 N–H and O–H groups in total. The molecule has 0 saturated heterocycles. The lowest BCUT2D eigenvalue weighted by Gasteiger charge is -2.17. The SMILES string of the molecule is Cc1ccc(S(=O)(=O)[C@H](CNS(=O)(=O)c2ccc(F)cc2)c2ccco2)cc1. The van der Waals surface area contributed by atoms with Crippen molar-refractivity contribution in [2.24, 2.45) is 0 Å². The summed E-state index contributed by atoms with van der Waals surface area (Å²) >= 11 is 0. The second kappa shape index (κ2) is 7.86. The van der Waals surface area contributed by atoms with Gasteiger partial charge in [-0.25, -0.2) is 25.9 Å². The monoisotopic (exact) mass is 423 g/mol. The number of benzene rings is 2. The second-order valence-electron chi connectivity index (χ2n) is 6.17. The van der Waals surface area contributed by atoms with Gasteiger partial charge in [-0.2, -0.15) is 0 Å². The molecular weight excluding hydrogens is 405 g/mol. The molecule has 28 heavy (non-hydrogen) atoms. The van der Waals surface area contributed by atoms with Gasteiger partial charge in [-0.15, -0.1) is 0 Å². The minimum Gasteiger partial charge on any atom is -0.468 e. The molecule has 1 aromatic heterocycles. The number of rotatable bonds is 7. The van der Waals surface area contributed by atoms with Gasteiger partial charge in [0.2, 0.25) is 10.0 Å². The number of hydrogen-bond donors (Lipinski definition) is 1. The van der Waals surface area contributed by atoms with Crippen LogP contribution < -0.4 is 4.72 Å². The summed E-state index contributed by atoms with van der Waals surface area (Å²) in [5.41, 5.74) is 0.894. The van der Waals surface area contributed by atoms with E-state index in [9.17, 15) is 21.2 Å². The van der Waals surface area contributed by atoms with Crippen molar-refractivity contribution in [1.29, 1.82) is 0 Å². The van der Waals surface area contributed by atoms with E-state index in [0.29, 0.717) is 0 Å². The molecule has 148 valence electrons. The van der Waals surface area contributed by atoms with E-state index < -0.39 is 37.5 Å². The average Bonchev–Trinajstić information content (AvgIpc) is 3.16. The molecule has 3 aromatic rings. The zero-order valence-electron chi connectivity index (χ0n) is 14.9. The van der Waals surface area contributed by atoms with E-state index in [1.54, 1.807) is 12.1 Å². The minimum absolute atomic E-state index is 0.0560. The predicted molar refractivity (Wildman–Crippen MR) is 101 cm³/mol. The van der Waals surface area contributed by atoms with Crippen molar-refractivity contribution in [2.45, 2.75) is 22.0 Å². The molecule has 0 unspecified atom stereocenters. The maximum Gasteiger partial charge on any atom is 0.240 e. The van der Waals surface area contributed by atoms with Gasteiger partial charge in [-0.1, -0.05) is 17.7 Å². The van der Waals surface area contributed by atoms with Crippen LogP contribution in [-0.2, 0) is 19.9 Å². The molecule has 0 amide bonds.